The van der Waals surface area contributed by atoms with E-state index in [0.717, 1.165) is 244 Å². The monoisotopic (exact) mass is 1020 g/mol. The third kappa shape index (κ3) is 11.4. The molecule has 0 saturated carbocycles. The molecule has 2 N–H and O–H groups in total. The minimum atomic E-state index is 0.636. The van der Waals surface area contributed by atoms with E-state index in [-0.39, 0.29) is 0 Å². The number of nitrogens with one attached hydrogen (secondary N) is 2. The number of anilines is 4. The van der Waals surface area contributed by atoms with Crippen LogP contribution in [0.15, 0.2) is 72.8 Å². The summed E-state index contributed by atoms with van der Waals surface area (Å²) in [5, 5.41) is 4.12. The Labute approximate surface area is 453 Å². The van der Waals surface area contributed by atoms with Gasteiger partial charge in [0.2, 0.25) is 0 Å². The van der Waals surface area contributed by atoms with Gasteiger partial charge in [-0.05, 0) is 75.6 Å². The van der Waals surface area contributed by atoms with Crippen molar-refractivity contribution in [3.05, 3.63) is 72.8 Å². The van der Waals surface area contributed by atoms with Crippen LogP contribution in [0.3, 0.4) is 0 Å². The highest BCUT2D eigenvalue weighted by Gasteiger charge is 2.29. The van der Waals surface area contributed by atoms with E-state index in [9.17, 15) is 0 Å². The molecule has 0 unspecified atom stereocenters. The Balaban J connectivity index is 1.46. The van der Waals surface area contributed by atoms with Crippen LogP contribution in [0.5, 0.6) is 0 Å². The van der Waals surface area contributed by atoms with E-state index < -0.39 is 0 Å². The molecule has 0 aliphatic carbocycles. The summed E-state index contributed by atoms with van der Waals surface area (Å²) >= 11 is 0. The number of nitrogens with zero attached hydrogens (tertiary/aromatic N) is 10. The van der Waals surface area contributed by atoms with Gasteiger partial charge in [-0.2, -0.15) is 0 Å². The first-order valence-corrected chi connectivity index (χ1v) is 29.7. The van der Waals surface area contributed by atoms with Crippen molar-refractivity contribution in [3.8, 4) is 45.6 Å². The molecule has 9 rings (SSSR count). The summed E-state index contributed by atoms with van der Waals surface area (Å²) in [5.74, 6) is 2.59. The number of rotatable bonds is 28. The Kier molecular flexibility index (Phi) is 18.5. The molecule has 0 saturated heterocycles. The van der Waals surface area contributed by atoms with Gasteiger partial charge in [0.25, 0.3) is 0 Å². The van der Waals surface area contributed by atoms with E-state index in [2.05, 4.69) is 158 Å². The lowest BCUT2D eigenvalue weighted by molar-refractivity contribution is 0.678. The van der Waals surface area contributed by atoms with Crippen molar-refractivity contribution < 1.29 is 0 Å². The van der Waals surface area contributed by atoms with Crippen LogP contribution < -0.4 is 19.6 Å². The highest BCUT2D eigenvalue weighted by Crippen LogP contribution is 2.45. The summed E-state index contributed by atoms with van der Waals surface area (Å²) in [5.41, 5.74) is 11.6. The van der Waals surface area contributed by atoms with Crippen LogP contribution in [0.4, 0.5) is 22.7 Å². The molecule has 0 radical (unpaired) electrons. The molecular formula is C64H86N12. The Morgan fingerprint density at radius 1 is 0.303 bits per heavy atom. The maximum absolute atomic E-state index is 5.78. The standard InChI is InChI=1S/C64H86N12/c1-9-17-37-73(38-18-10-2)49-33-25-29-45-53(49)61-66-57(45)65-58-46-30-26-34-50(74(39-19-11-3)40-20-12-4)54(46)62(67-58)69-60-48-32-28-36-52(76(43-23-15-7)44-24-16-8)56(48)64(71-60)72-63-55-47(59(68-61)70-63)31-27-35-51(55)75(41-21-13-5)42-22-14-6/h25-36H,9-24,37-44H2,1-8H3,(H2,65,66,67,68,69,70,71,72). The second-order valence-electron chi connectivity index (χ2n) is 21.2. The van der Waals surface area contributed by atoms with Gasteiger partial charge in [-0.3, -0.25) is 0 Å². The van der Waals surface area contributed by atoms with Gasteiger partial charge in [0, 0.05) is 97.0 Å². The summed E-state index contributed by atoms with van der Waals surface area (Å²) < 4.78 is 0. The fraction of sp³-hybridized carbons (Fsp3) is 0.500. The van der Waals surface area contributed by atoms with Crippen molar-refractivity contribution in [2.24, 2.45) is 0 Å². The van der Waals surface area contributed by atoms with Gasteiger partial charge in [-0.1, -0.05) is 155 Å². The van der Waals surface area contributed by atoms with Crippen molar-refractivity contribution in [1.29, 1.82) is 0 Å². The second kappa shape index (κ2) is 26.0. The summed E-state index contributed by atoms with van der Waals surface area (Å²) in [7, 11) is 0. The lowest BCUT2D eigenvalue weighted by Gasteiger charge is -2.27. The van der Waals surface area contributed by atoms with Gasteiger partial charge in [0.15, 0.2) is 23.3 Å². The molecule has 0 spiro atoms. The minimum absolute atomic E-state index is 0.636. The van der Waals surface area contributed by atoms with Crippen LogP contribution in [0, 0.1) is 0 Å². The van der Waals surface area contributed by atoms with Gasteiger partial charge in [-0.25, -0.2) is 29.9 Å². The highest BCUT2D eigenvalue weighted by molar-refractivity contribution is 6.13. The number of fused-ring (bicyclic) bond motifs is 20. The number of aromatic amines is 2. The first-order valence-electron chi connectivity index (χ1n) is 29.7. The molecule has 0 amide bonds. The lowest BCUT2D eigenvalue weighted by atomic mass is 10.0. The van der Waals surface area contributed by atoms with E-state index in [4.69, 9.17) is 29.9 Å². The maximum atomic E-state index is 5.78. The van der Waals surface area contributed by atoms with Gasteiger partial charge >= 0.3 is 0 Å². The molecule has 76 heavy (non-hydrogen) atoms. The molecule has 7 aromatic rings. The zero-order valence-electron chi connectivity index (χ0n) is 47.4. The molecule has 2 aliphatic heterocycles. The topological polar surface area (TPSA) is 122 Å². The average Bonchev–Trinajstić information content (AvgIpc) is 4.25. The predicted octanol–water partition coefficient (Wildman–Crippen LogP) is 16.5. The molecule has 5 heterocycles. The van der Waals surface area contributed by atoms with Crippen LogP contribution in [0.2, 0.25) is 0 Å². The second-order valence-corrected chi connectivity index (χ2v) is 21.2. The quantitative estimate of drug-likeness (QED) is 0.0490. The minimum Gasteiger partial charge on any atom is -0.371 e. The molecule has 3 aromatic heterocycles. The Bertz CT molecular complexity index is 3190. The first kappa shape index (κ1) is 54.2. The molecule has 0 fully saturated rings. The highest BCUT2D eigenvalue weighted by atomic mass is 15.2. The van der Waals surface area contributed by atoms with Gasteiger partial charge in [0.1, 0.15) is 22.6 Å². The zero-order valence-corrected chi connectivity index (χ0v) is 47.4. The molecule has 12 nitrogen and oxygen atoms in total. The SMILES string of the molecule is CCCCN(CCCC)c1cccc2c1-c1nc-2nc2[nH]c(nc3nc(nc4[nH]c(n1)c1cccc(N(CCCC)CCCC)c41)-c1c-3cccc1N(CCCC)CCCC)c1c(N(CCCC)CCCC)cccc21. The number of hydrogen-bond donors (Lipinski definition) is 2. The molecule has 2 aliphatic rings. The van der Waals surface area contributed by atoms with Crippen LogP contribution >= 0.6 is 0 Å². The van der Waals surface area contributed by atoms with Crippen molar-refractivity contribution in [3.63, 3.8) is 0 Å². The largest absolute Gasteiger partial charge is 0.371 e. The Morgan fingerprint density at radius 3 is 0.921 bits per heavy atom. The molecule has 402 valence electrons. The van der Waals surface area contributed by atoms with Crippen LogP contribution in [-0.4, -0.2) is 92.2 Å². The molecule has 0 atom stereocenters. The normalized spacial score (nSPS) is 11.9. The average molecular weight is 1020 g/mol. The van der Waals surface area contributed by atoms with Crippen LogP contribution in [0.1, 0.15) is 158 Å². The molecule has 4 aromatic carbocycles. The van der Waals surface area contributed by atoms with Gasteiger partial charge in [-0.15, -0.1) is 0 Å². The number of hydrogen-bond acceptors (Lipinski definition) is 10. The first-order chi connectivity index (χ1) is 37.4. The number of aromatic nitrogens is 8. The van der Waals surface area contributed by atoms with Crippen LogP contribution in [0.25, 0.3) is 89.7 Å². The van der Waals surface area contributed by atoms with E-state index in [0.29, 0.717) is 23.3 Å². The van der Waals surface area contributed by atoms with E-state index in [1.807, 2.05) is 0 Å². The van der Waals surface area contributed by atoms with Crippen molar-refractivity contribution in [2.45, 2.75) is 158 Å². The van der Waals surface area contributed by atoms with Crippen LogP contribution in [-0.2, 0) is 0 Å². The van der Waals surface area contributed by atoms with Crippen molar-refractivity contribution >= 4 is 66.9 Å². The predicted molar refractivity (Wildman–Crippen MR) is 324 cm³/mol. The van der Waals surface area contributed by atoms with Gasteiger partial charge in [0.05, 0.1) is 21.9 Å². The van der Waals surface area contributed by atoms with Gasteiger partial charge < -0.3 is 29.6 Å². The third-order valence-corrected chi connectivity index (χ3v) is 15.5. The third-order valence-electron chi connectivity index (χ3n) is 15.5. The summed E-state index contributed by atoms with van der Waals surface area (Å²) in [4.78, 5) is 51.9. The maximum Gasteiger partial charge on any atom is 0.166 e. The zero-order chi connectivity index (χ0) is 53.0. The Hall–Kier alpha value is -6.56. The number of benzene rings is 4. The Morgan fingerprint density at radius 2 is 0.579 bits per heavy atom. The number of unbranched alkanes of at least 4 members (excludes halogenated alkanes) is 8. The molecule has 12 heteroatoms. The van der Waals surface area contributed by atoms with E-state index in [1.54, 1.807) is 0 Å². The summed E-state index contributed by atoms with van der Waals surface area (Å²) in [6.45, 7) is 25.9. The van der Waals surface area contributed by atoms with Crippen molar-refractivity contribution in [2.75, 3.05) is 72.0 Å². The lowest BCUT2D eigenvalue weighted by Crippen LogP contribution is -2.26. The molecular weight excluding hydrogens is 937 g/mol. The summed E-state index contributed by atoms with van der Waals surface area (Å²) in [6.07, 6.45) is 17.7. The summed E-state index contributed by atoms with van der Waals surface area (Å²) in [6, 6.07) is 26.6. The number of H-pyrrole nitrogens is 2. The van der Waals surface area contributed by atoms with E-state index >= 15 is 0 Å². The molecule has 8 bridgehead atoms. The fourth-order valence-corrected chi connectivity index (χ4v) is 11.2. The smallest absolute Gasteiger partial charge is 0.166 e. The fourth-order valence-electron chi connectivity index (χ4n) is 11.2. The van der Waals surface area contributed by atoms with E-state index in [1.165, 1.54) is 0 Å². The van der Waals surface area contributed by atoms with Crippen molar-refractivity contribution in [1.82, 2.24) is 39.9 Å².